The fraction of sp³-hybridized carbons (Fsp3) is 0. The molecule has 0 saturated heterocycles. The fourth-order valence-corrected chi connectivity index (χ4v) is 1.95. The van der Waals surface area contributed by atoms with Crippen LogP contribution in [0.3, 0.4) is 0 Å². The first kappa shape index (κ1) is 16.5. The van der Waals surface area contributed by atoms with E-state index >= 15 is 0 Å². The zero-order valence-corrected chi connectivity index (χ0v) is 13.1. The third-order valence-corrected chi connectivity index (χ3v) is 3.04. The maximum Gasteiger partial charge on any atom is 0.131 e. The van der Waals surface area contributed by atoms with E-state index in [2.05, 4.69) is 0 Å². The Balaban J connectivity index is 0.00000192. The smallest absolute Gasteiger partial charge is 0.131 e. The number of benzene rings is 3. The number of anilines is 2. The average molecular weight is 329 g/mol. The summed E-state index contributed by atoms with van der Waals surface area (Å²) in [7, 11) is 0. The zero-order valence-electron chi connectivity index (χ0n) is 12.3. The Kier molecular flexibility index (Phi) is 5.33. The lowest BCUT2D eigenvalue weighted by molar-refractivity contribution is 0.460. The van der Waals surface area contributed by atoms with Crippen LogP contribution in [0.1, 0.15) is 0 Å². The van der Waals surface area contributed by atoms with Crippen molar-refractivity contribution in [3.8, 4) is 23.0 Å². The largest absolute Gasteiger partial charge is 0.457 e. The highest BCUT2D eigenvalue weighted by Gasteiger charge is 2.02. The van der Waals surface area contributed by atoms with E-state index < -0.39 is 0 Å². The average Bonchev–Trinajstić information content (AvgIpc) is 2.52. The molecule has 0 aliphatic heterocycles. The second-order valence-electron chi connectivity index (χ2n) is 4.82. The number of halogens is 1. The zero-order chi connectivity index (χ0) is 15.4. The molecule has 0 aliphatic rings. The van der Waals surface area contributed by atoms with Crippen LogP contribution in [0.15, 0.2) is 72.8 Å². The van der Waals surface area contributed by atoms with Crippen molar-refractivity contribution >= 4 is 23.8 Å². The summed E-state index contributed by atoms with van der Waals surface area (Å²) in [6.07, 6.45) is 0. The third-order valence-electron chi connectivity index (χ3n) is 3.04. The Hall–Kier alpha value is -2.85. The molecule has 0 radical (unpaired) electrons. The van der Waals surface area contributed by atoms with E-state index in [1.54, 1.807) is 24.3 Å². The molecule has 0 atom stereocenters. The minimum Gasteiger partial charge on any atom is -0.457 e. The Bertz CT molecular complexity index is 696. The Labute approximate surface area is 141 Å². The summed E-state index contributed by atoms with van der Waals surface area (Å²) in [5.74, 6) is 2.83. The quantitative estimate of drug-likeness (QED) is 0.671. The molecular weight excluding hydrogens is 312 g/mol. The molecule has 0 heterocycles. The van der Waals surface area contributed by atoms with Crippen LogP contribution in [0.4, 0.5) is 11.4 Å². The molecule has 4 N–H and O–H groups in total. The SMILES string of the molecule is Cl.Nc1ccc(Oc2cccc(Oc3ccc(N)cc3)c2)cc1. The summed E-state index contributed by atoms with van der Waals surface area (Å²) in [5.41, 5.74) is 12.7. The van der Waals surface area contributed by atoms with E-state index in [0.29, 0.717) is 22.9 Å². The van der Waals surface area contributed by atoms with E-state index in [1.807, 2.05) is 48.5 Å². The highest BCUT2D eigenvalue weighted by atomic mass is 35.5. The van der Waals surface area contributed by atoms with E-state index in [4.69, 9.17) is 20.9 Å². The molecule has 3 aromatic carbocycles. The minimum atomic E-state index is 0. The summed E-state index contributed by atoms with van der Waals surface area (Å²) < 4.78 is 11.6. The van der Waals surface area contributed by atoms with Crippen molar-refractivity contribution in [1.82, 2.24) is 0 Å². The molecule has 3 rings (SSSR count). The van der Waals surface area contributed by atoms with Gasteiger partial charge in [0.25, 0.3) is 0 Å². The minimum absolute atomic E-state index is 0. The molecule has 0 saturated carbocycles. The van der Waals surface area contributed by atoms with Gasteiger partial charge < -0.3 is 20.9 Å². The highest BCUT2D eigenvalue weighted by Crippen LogP contribution is 2.28. The van der Waals surface area contributed by atoms with Crippen molar-refractivity contribution in [2.24, 2.45) is 0 Å². The third kappa shape index (κ3) is 4.56. The van der Waals surface area contributed by atoms with E-state index in [0.717, 1.165) is 11.5 Å². The first-order valence-corrected chi connectivity index (χ1v) is 6.86. The molecule has 0 unspecified atom stereocenters. The van der Waals surface area contributed by atoms with Crippen molar-refractivity contribution in [1.29, 1.82) is 0 Å². The monoisotopic (exact) mass is 328 g/mol. The van der Waals surface area contributed by atoms with Crippen LogP contribution < -0.4 is 20.9 Å². The molecule has 0 spiro atoms. The maximum atomic E-state index is 5.78. The summed E-state index contributed by atoms with van der Waals surface area (Å²) in [4.78, 5) is 0. The van der Waals surface area contributed by atoms with Gasteiger partial charge in [0.1, 0.15) is 23.0 Å². The van der Waals surface area contributed by atoms with Crippen molar-refractivity contribution in [2.75, 3.05) is 11.5 Å². The number of rotatable bonds is 4. The van der Waals surface area contributed by atoms with Crippen molar-refractivity contribution in [3.63, 3.8) is 0 Å². The lowest BCUT2D eigenvalue weighted by Crippen LogP contribution is -1.89. The van der Waals surface area contributed by atoms with Crippen LogP contribution in [0.2, 0.25) is 0 Å². The fourth-order valence-electron chi connectivity index (χ4n) is 1.95. The van der Waals surface area contributed by atoms with E-state index in [9.17, 15) is 0 Å². The topological polar surface area (TPSA) is 70.5 Å². The van der Waals surface area contributed by atoms with Gasteiger partial charge in [-0.15, -0.1) is 12.4 Å². The number of hydrogen-bond acceptors (Lipinski definition) is 4. The van der Waals surface area contributed by atoms with Gasteiger partial charge in [-0.1, -0.05) is 6.07 Å². The van der Waals surface area contributed by atoms with E-state index in [-0.39, 0.29) is 12.4 Å². The molecule has 23 heavy (non-hydrogen) atoms. The van der Waals surface area contributed by atoms with Gasteiger partial charge in [0.05, 0.1) is 0 Å². The van der Waals surface area contributed by atoms with Gasteiger partial charge in [0.15, 0.2) is 0 Å². The summed E-state index contributed by atoms with van der Waals surface area (Å²) in [6, 6.07) is 21.9. The molecule has 0 aliphatic carbocycles. The Morgan fingerprint density at radius 3 is 1.30 bits per heavy atom. The molecule has 0 amide bonds. The lowest BCUT2D eigenvalue weighted by Gasteiger charge is -2.09. The number of ether oxygens (including phenoxy) is 2. The Morgan fingerprint density at radius 1 is 0.522 bits per heavy atom. The molecule has 4 nitrogen and oxygen atoms in total. The first-order valence-electron chi connectivity index (χ1n) is 6.86. The van der Waals surface area contributed by atoms with Crippen LogP contribution in [0, 0.1) is 0 Å². The Morgan fingerprint density at radius 2 is 0.913 bits per heavy atom. The molecular formula is C18H17ClN2O2. The van der Waals surface area contributed by atoms with Crippen molar-refractivity contribution in [3.05, 3.63) is 72.8 Å². The second-order valence-corrected chi connectivity index (χ2v) is 4.82. The second kappa shape index (κ2) is 7.42. The molecule has 5 heteroatoms. The normalized spacial score (nSPS) is 9.74. The van der Waals surface area contributed by atoms with Gasteiger partial charge in [-0.2, -0.15) is 0 Å². The molecule has 0 aromatic heterocycles. The van der Waals surface area contributed by atoms with Gasteiger partial charge in [0, 0.05) is 17.4 Å². The van der Waals surface area contributed by atoms with Gasteiger partial charge >= 0.3 is 0 Å². The maximum absolute atomic E-state index is 5.78. The standard InChI is InChI=1S/C18H16N2O2.ClH/c19-13-4-8-15(9-5-13)21-17-2-1-3-18(12-17)22-16-10-6-14(20)7-11-16;/h1-12H,19-20H2;1H. The predicted molar refractivity (Wildman–Crippen MR) is 95.5 cm³/mol. The number of nitrogens with two attached hydrogens (primary N) is 2. The molecule has 0 bridgehead atoms. The van der Waals surface area contributed by atoms with Crippen LogP contribution in [-0.4, -0.2) is 0 Å². The van der Waals surface area contributed by atoms with Gasteiger partial charge in [-0.25, -0.2) is 0 Å². The van der Waals surface area contributed by atoms with Crippen molar-refractivity contribution in [2.45, 2.75) is 0 Å². The first-order chi connectivity index (χ1) is 10.7. The van der Waals surface area contributed by atoms with Crippen LogP contribution in [0.25, 0.3) is 0 Å². The summed E-state index contributed by atoms with van der Waals surface area (Å²) in [6.45, 7) is 0. The van der Waals surface area contributed by atoms with Gasteiger partial charge in [-0.05, 0) is 60.7 Å². The van der Waals surface area contributed by atoms with Crippen LogP contribution in [-0.2, 0) is 0 Å². The lowest BCUT2D eigenvalue weighted by atomic mass is 10.3. The summed E-state index contributed by atoms with van der Waals surface area (Å²) >= 11 is 0. The van der Waals surface area contributed by atoms with E-state index in [1.165, 1.54) is 0 Å². The van der Waals surface area contributed by atoms with Crippen molar-refractivity contribution < 1.29 is 9.47 Å². The molecule has 118 valence electrons. The van der Waals surface area contributed by atoms with Gasteiger partial charge in [-0.3, -0.25) is 0 Å². The molecule has 0 fully saturated rings. The summed E-state index contributed by atoms with van der Waals surface area (Å²) in [5, 5.41) is 0. The number of nitrogen functional groups attached to an aromatic ring is 2. The van der Waals surface area contributed by atoms with Crippen LogP contribution in [0.5, 0.6) is 23.0 Å². The van der Waals surface area contributed by atoms with Crippen LogP contribution >= 0.6 is 12.4 Å². The van der Waals surface area contributed by atoms with Gasteiger partial charge in [0.2, 0.25) is 0 Å². The number of hydrogen-bond donors (Lipinski definition) is 2. The highest BCUT2D eigenvalue weighted by molar-refractivity contribution is 5.85. The molecule has 3 aromatic rings. The predicted octanol–water partition coefficient (Wildman–Crippen LogP) is 4.86.